The fraction of sp³-hybridized carbons (Fsp3) is 0.882. The molecule has 3 fully saturated rings. The molecule has 1 atom stereocenters. The molecule has 3 aliphatic rings. The monoisotopic (exact) mass is 324 g/mol. The molecule has 2 amide bonds. The first-order valence-corrected chi connectivity index (χ1v) is 8.89. The van der Waals surface area contributed by atoms with Crippen LogP contribution in [0.1, 0.15) is 39.0 Å². The van der Waals surface area contributed by atoms with Crippen LogP contribution in [0.2, 0.25) is 0 Å². The molecule has 3 heterocycles. The summed E-state index contributed by atoms with van der Waals surface area (Å²) >= 11 is 0. The molecule has 130 valence electrons. The first-order chi connectivity index (χ1) is 11.1. The SMILES string of the molecule is CCOCC(=O)N1CC2(CC[C@@H](CN3CCCCC3=O)CO2)C1. The standard InChI is InChI=1S/C17H28N2O4/c1-2-22-11-16(21)19-12-17(13-19)7-6-14(10-23-17)9-18-8-4-3-5-15(18)20/h14H,2-13H2,1H3/t14-/m0/s1. The Labute approximate surface area is 138 Å². The summed E-state index contributed by atoms with van der Waals surface area (Å²) in [6, 6.07) is 0. The van der Waals surface area contributed by atoms with E-state index in [1.807, 2.05) is 16.7 Å². The van der Waals surface area contributed by atoms with Gasteiger partial charge in [-0.15, -0.1) is 0 Å². The number of likely N-dealkylation sites (tertiary alicyclic amines) is 2. The van der Waals surface area contributed by atoms with E-state index in [-0.39, 0.29) is 18.1 Å². The zero-order valence-corrected chi connectivity index (χ0v) is 14.1. The largest absolute Gasteiger partial charge is 0.372 e. The van der Waals surface area contributed by atoms with E-state index in [1.54, 1.807) is 0 Å². The third-order valence-corrected chi connectivity index (χ3v) is 5.27. The number of piperidine rings is 1. The van der Waals surface area contributed by atoms with E-state index in [4.69, 9.17) is 9.47 Å². The van der Waals surface area contributed by atoms with Gasteiger partial charge in [-0.1, -0.05) is 0 Å². The second-order valence-corrected chi connectivity index (χ2v) is 7.08. The van der Waals surface area contributed by atoms with E-state index < -0.39 is 0 Å². The summed E-state index contributed by atoms with van der Waals surface area (Å²) in [6.45, 7) is 6.45. The highest BCUT2D eigenvalue weighted by Gasteiger charge is 2.48. The average molecular weight is 324 g/mol. The number of hydrogen-bond acceptors (Lipinski definition) is 4. The summed E-state index contributed by atoms with van der Waals surface area (Å²) in [5.41, 5.74) is -0.135. The number of ether oxygens (including phenoxy) is 2. The van der Waals surface area contributed by atoms with Gasteiger partial charge in [0.05, 0.1) is 19.7 Å². The van der Waals surface area contributed by atoms with Gasteiger partial charge in [0.25, 0.3) is 0 Å². The van der Waals surface area contributed by atoms with Crippen molar-refractivity contribution in [2.24, 2.45) is 5.92 Å². The number of nitrogens with zero attached hydrogens (tertiary/aromatic N) is 2. The first-order valence-electron chi connectivity index (χ1n) is 8.89. The molecule has 3 rings (SSSR count). The Morgan fingerprint density at radius 3 is 2.87 bits per heavy atom. The lowest BCUT2D eigenvalue weighted by molar-refractivity contribution is -0.192. The first kappa shape index (κ1) is 16.7. The van der Waals surface area contributed by atoms with Gasteiger partial charge in [0.1, 0.15) is 12.2 Å². The van der Waals surface area contributed by atoms with Gasteiger partial charge in [0.2, 0.25) is 11.8 Å². The van der Waals surface area contributed by atoms with Crippen LogP contribution in [0.3, 0.4) is 0 Å². The lowest BCUT2D eigenvalue weighted by atomic mass is 9.82. The van der Waals surface area contributed by atoms with Crippen LogP contribution in [-0.2, 0) is 19.1 Å². The zero-order valence-electron chi connectivity index (χ0n) is 14.1. The van der Waals surface area contributed by atoms with Crippen LogP contribution in [-0.4, -0.2) is 73.2 Å². The molecular formula is C17H28N2O4. The van der Waals surface area contributed by atoms with Gasteiger partial charge >= 0.3 is 0 Å². The van der Waals surface area contributed by atoms with Crippen LogP contribution in [0.4, 0.5) is 0 Å². The molecule has 0 bridgehead atoms. The second-order valence-electron chi connectivity index (χ2n) is 7.08. The molecule has 0 N–H and O–H groups in total. The molecule has 0 aromatic rings. The maximum Gasteiger partial charge on any atom is 0.248 e. The van der Waals surface area contributed by atoms with Gasteiger partial charge in [-0.25, -0.2) is 0 Å². The zero-order chi connectivity index (χ0) is 16.3. The predicted molar refractivity (Wildman–Crippen MR) is 84.9 cm³/mol. The predicted octanol–water partition coefficient (Wildman–Crippen LogP) is 1.04. The van der Waals surface area contributed by atoms with E-state index in [1.165, 1.54) is 0 Å². The molecule has 23 heavy (non-hydrogen) atoms. The minimum Gasteiger partial charge on any atom is -0.372 e. The van der Waals surface area contributed by atoms with Gasteiger partial charge in [-0.2, -0.15) is 0 Å². The molecule has 3 aliphatic heterocycles. The van der Waals surface area contributed by atoms with Crippen molar-refractivity contribution in [1.82, 2.24) is 9.80 Å². The van der Waals surface area contributed by atoms with Crippen molar-refractivity contribution in [1.29, 1.82) is 0 Å². The van der Waals surface area contributed by atoms with Crippen LogP contribution in [0, 0.1) is 5.92 Å². The topological polar surface area (TPSA) is 59.1 Å². The molecular weight excluding hydrogens is 296 g/mol. The van der Waals surface area contributed by atoms with E-state index >= 15 is 0 Å². The molecule has 1 spiro atoms. The molecule has 6 heteroatoms. The Hall–Kier alpha value is -1.14. The minimum atomic E-state index is -0.135. The Bertz CT molecular complexity index is 438. The van der Waals surface area contributed by atoms with Gasteiger partial charge in [-0.3, -0.25) is 9.59 Å². The van der Waals surface area contributed by atoms with Crippen molar-refractivity contribution >= 4 is 11.8 Å². The lowest BCUT2D eigenvalue weighted by Crippen LogP contribution is -2.67. The third kappa shape index (κ3) is 3.86. The second kappa shape index (κ2) is 7.18. The minimum absolute atomic E-state index is 0.0575. The van der Waals surface area contributed by atoms with Gasteiger partial charge in [-0.05, 0) is 32.6 Å². The Kier molecular flexibility index (Phi) is 5.21. The van der Waals surface area contributed by atoms with Crippen LogP contribution in [0.5, 0.6) is 0 Å². The lowest BCUT2D eigenvalue weighted by Gasteiger charge is -2.53. The van der Waals surface area contributed by atoms with Gasteiger partial charge < -0.3 is 19.3 Å². The number of amides is 2. The normalized spacial score (nSPS) is 27.2. The summed E-state index contributed by atoms with van der Waals surface area (Å²) < 4.78 is 11.3. The fourth-order valence-corrected chi connectivity index (χ4v) is 3.78. The number of carbonyl (C=O) groups is 2. The van der Waals surface area contributed by atoms with Crippen LogP contribution in [0.15, 0.2) is 0 Å². The van der Waals surface area contributed by atoms with E-state index in [2.05, 4.69) is 0 Å². The van der Waals surface area contributed by atoms with Crippen molar-refractivity contribution in [2.75, 3.05) is 46.0 Å². The summed E-state index contributed by atoms with van der Waals surface area (Å²) in [5.74, 6) is 0.797. The average Bonchev–Trinajstić information content (AvgIpc) is 2.53. The van der Waals surface area contributed by atoms with Crippen LogP contribution >= 0.6 is 0 Å². The Morgan fingerprint density at radius 2 is 2.22 bits per heavy atom. The molecule has 0 radical (unpaired) electrons. The Balaban J connectivity index is 1.39. The quantitative estimate of drug-likeness (QED) is 0.758. The summed E-state index contributed by atoms with van der Waals surface area (Å²) in [5, 5.41) is 0. The van der Waals surface area contributed by atoms with E-state index in [0.29, 0.717) is 44.5 Å². The maximum absolute atomic E-state index is 11.9. The van der Waals surface area contributed by atoms with Gasteiger partial charge in [0, 0.05) is 32.0 Å². The van der Waals surface area contributed by atoms with Crippen molar-refractivity contribution in [3.63, 3.8) is 0 Å². The van der Waals surface area contributed by atoms with Crippen LogP contribution < -0.4 is 0 Å². The highest BCUT2D eigenvalue weighted by Crippen LogP contribution is 2.36. The molecule has 3 saturated heterocycles. The number of carbonyl (C=O) groups excluding carboxylic acids is 2. The molecule has 0 saturated carbocycles. The van der Waals surface area contributed by atoms with Crippen molar-refractivity contribution in [2.45, 2.75) is 44.6 Å². The maximum atomic E-state index is 11.9. The molecule has 0 aliphatic carbocycles. The van der Waals surface area contributed by atoms with Crippen molar-refractivity contribution in [3.05, 3.63) is 0 Å². The number of rotatable bonds is 5. The molecule has 0 aromatic heterocycles. The van der Waals surface area contributed by atoms with Crippen molar-refractivity contribution < 1.29 is 19.1 Å². The Morgan fingerprint density at radius 1 is 1.39 bits per heavy atom. The summed E-state index contributed by atoms with van der Waals surface area (Å²) in [6.07, 6.45) is 4.93. The number of hydrogen-bond donors (Lipinski definition) is 0. The van der Waals surface area contributed by atoms with Crippen LogP contribution in [0.25, 0.3) is 0 Å². The third-order valence-electron chi connectivity index (χ3n) is 5.27. The molecule has 0 unspecified atom stereocenters. The highest BCUT2D eigenvalue weighted by atomic mass is 16.5. The fourth-order valence-electron chi connectivity index (χ4n) is 3.78. The van der Waals surface area contributed by atoms with Gasteiger partial charge in [0.15, 0.2) is 0 Å². The molecule has 6 nitrogen and oxygen atoms in total. The summed E-state index contributed by atoms with van der Waals surface area (Å²) in [4.78, 5) is 27.6. The molecule has 0 aromatic carbocycles. The van der Waals surface area contributed by atoms with Crippen molar-refractivity contribution in [3.8, 4) is 0 Å². The van der Waals surface area contributed by atoms with E-state index in [0.717, 1.165) is 38.8 Å². The smallest absolute Gasteiger partial charge is 0.248 e. The summed E-state index contributed by atoms with van der Waals surface area (Å²) in [7, 11) is 0. The highest BCUT2D eigenvalue weighted by molar-refractivity contribution is 5.78. The van der Waals surface area contributed by atoms with E-state index in [9.17, 15) is 9.59 Å².